The van der Waals surface area contributed by atoms with Crippen molar-refractivity contribution in [3.8, 4) is 0 Å². The van der Waals surface area contributed by atoms with Crippen molar-refractivity contribution in [2.24, 2.45) is 0 Å². The summed E-state index contributed by atoms with van der Waals surface area (Å²) in [5.74, 6) is 0. The average Bonchev–Trinajstić information content (AvgIpc) is 2.35. The van der Waals surface area contributed by atoms with Crippen LogP contribution in [0.5, 0.6) is 0 Å². The topological polar surface area (TPSA) is 38.8 Å². The minimum Gasteiger partial charge on any atom is -0.308 e. The Balaban J connectivity index is 2.45. The monoisotopic (exact) mass is 263 g/mol. The maximum absolute atomic E-state index is 12.5. The van der Waals surface area contributed by atoms with Crippen molar-refractivity contribution < 1.29 is 13.6 Å². The van der Waals surface area contributed by atoms with Crippen molar-refractivity contribution >= 4 is 7.60 Å². The SMILES string of the molecule is CCCOP(=O)(CN1CCCCC1)OCCC. The van der Waals surface area contributed by atoms with Crippen LogP contribution in [0.25, 0.3) is 0 Å². The molecular weight excluding hydrogens is 237 g/mol. The van der Waals surface area contributed by atoms with Crippen LogP contribution in [0.4, 0.5) is 0 Å². The van der Waals surface area contributed by atoms with Crippen LogP contribution in [0.2, 0.25) is 0 Å². The maximum atomic E-state index is 12.5. The largest absolute Gasteiger partial charge is 0.344 e. The van der Waals surface area contributed by atoms with E-state index >= 15 is 0 Å². The van der Waals surface area contributed by atoms with Crippen LogP contribution in [0, 0.1) is 0 Å². The second kappa shape index (κ2) is 8.25. The highest BCUT2D eigenvalue weighted by Gasteiger charge is 2.28. The van der Waals surface area contributed by atoms with Gasteiger partial charge in [0.25, 0.3) is 0 Å². The molecule has 1 saturated heterocycles. The van der Waals surface area contributed by atoms with Crippen molar-refractivity contribution in [2.45, 2.75) is 46.0 Å². The quantitative estimate of drug-likeness (QED) is 0.628. The standard InChI is InChI=1S/C12H26NO3P/c1-3-10-15-17(14,16-11-4-2)12-13-8-6-5-7-9-13/h3-12H2,1-2H3. The Morgan fingerprint density at radius 3 is 2.00 bits per heavy atom. The van der Waals surface area contributed by atoms with Crippen molar-refractivity contribution in [1.82, 2.24) is 4.90 Å². The Hall–Kier alpha value is 0.110. The van der Waals surface area contributed by atoms with Crippen LogP contribution in [0.3, 0.4) is 0 Å². The minimum atomic E-state index is -2.89. The zero-order chi connectivity index (χ0) is 12.6. The summed E-state index contributed by atoms with van der Waals surface area (Å²) < 4.78 is 23.5. The van der Waals surface area contributed by atoms with Crippen LogP contribution in [-0.4, -0.2) is 37.5 Å². The molecule has 1 aliphatic heterocycles. The smallest absolute Gasteiger partial charge is 0.308 e. The molecule has 0 N–H and O–H groups in total. The van der Waals surface area contributed by atoms with E-state index in [1.807, 2.05) is 13.8 Å². The van der Waals surface area contributed by atoms with E-state index in [4.69, 9.17) is 9.05 Å². The molecular formula is C12H26NO3P. The van der Waals surface area contributed by atoms with Gasteiger partial charge in [0.15, 0.2) is 0 Å². The zero-order valence-corrected chi connectivity index (χ0v) is 12.1. The highest BCUT2D eigenvalue weighted by atomic mass is 31.2. The predicted octanol–water partition coefficient (Wildman–Crippen LogP) is 3.48. The normalized spacial score (nSPS) is 18.5. The van der Waals surface area contributed by atoms with Crippen LogP contribution in [0.1, 0.15) is 46.0 Å². The van der Waals surface area contributed by atoms with Gasteiger partial charge in [-0.05, 0) is 38.8 Å². The molecule has 5 heteroatoms. The minimum absolute atomic E-state index is 0.465. The summed E-state index contributed by atoms with van der Waals surface area (Å²) in [6.07, 6.45) is 5.89. The molecule has 17 heavy (non-hydrogen) atoms. The summed E-state index contributed by atoms with van der Waals surface area (Å²) in [7, 11) is -2.89. The fraction of sp³-hybridized carbons (Fsp3) is 1.00. The third-order valence-corrected chi connectivity index (χ3v) is 4.70. The van der Waals surface area contributed by atoms with E-state index in [9.17, 15) is 4.57 Å². The number of hydrogen-bond donors (Lipinski definition) is 0. The van der Waals surface area contributed by atoms with Crippen molar-refractivity contribution in [3.05, 3.63) is 0 Å². The summed E-state index contributed by atoms with van der Waals surface area (Å²) >= 11 is 0. The molecule has 1 heterocycles. The van der Waals surface area contributed by atoms with Gasteiger partial charge in [0.1, 0.15) is 6.29 Å². The number of nitrogens with zero attached hydrogens (tertiary/aromatic N) is 1. The lowest BCUT2D eigenvalue weighted by molar-refractivity contribution is 0.175. The molecule has 1 fully saturated rings. The highest BCUT2D eigenvalue weighted by Crippen LogP contribution is 2.49. The summed E-state index contributed by atoms with van der Waals surface area (Å²) in [5, 5.41) is 0. The Bertz CT molecular complexity index is 230. The Morgan fingerprint density at radius 2 is 1.53 bits per heavy atom. The third-order valence-electron chi connectivity index (χ3n) is 2.81. The van der Waals surface area contributed by atoms with Gasteiger partial charge in [-0.3, -0.25) is 9.46 Å². The maximum Gasteiger partial charge on any atom is 0.344 e. The first-order valence-corrected chi connectivity index (χ1v) is 8.53. The lowest BCUT2D eigenvalue weighted by Gasteiger charge is -2.29. The molecule has 0 amide bonds. The number of rotatable bonds is 8. The van der Waals surface area contributed by atoms with E-state index < -0.39 is 7.60 Å². The first kappa shape index (κ1) is 15.2. The van der Waals surface area contributed by atoms with E-state index in [1.165, 1.54) is 19.3 Å². The average molecular weight is 263 g/mol. The molecule has 102 valence electrons. The van der Waals surface area contributed by atoms with Crippen LogP contribution < -0.4 is 0 Å². The molecule has 0 aliphatic carbocycles. The lowest BCUT2D eigenvalue weighted by Crippen LogP contribution is -2.31. The van der Waals surface area contributed by atoms with Crippen molar-refractivity contribution in [1.29, 1.82) is 0 Å². The molecule has 0 radical (unpaired) electrons. The van der Waals surface area contributed by atoms with Crippen LogP contribution in [-0.2, 0) is 13.6 Å². The lowest BCUT2D eigenvalue weighted by atomic mass is 10.1. The Kier molecular flexibility index (Phi) is 7.36. The number of piperidine rings is 1. The molecule has 0 aromatic heterocycles. The first-order chi connectivity index (χ1) is 8.20. The fourth-order valence-corrected chi connectivity index (χ4v) is 3.86. The second-order valence-electron chi connectivity index (χ2n) is 4.60. The zero-order valence-electron chi connectivity index (χ0n) is 11.2. The van der Waals surface area contributed by atoms with Gasteiger partial charge in [-0.25, -0.2) is 0 Å². The summed E-state index contributed by atoms with van der Waals surface area (Å²) in [6.45, 7) is 7.13. The molecule has 0 aromatic carbocycles. The van der Waals surface area contributed by atoms with E-state index in [1.54, 1.807) is 0 Å². The molecule has 0 bridgehead atoms. The van der Waals surface area contributed by atoms with Crippen molar-refractivity contribution in [2.75, 3.05) is 32.6 Å². The molecule has 4 nitrogen and oxygen atoms in total. The van der Waals surface area contributed by atoms with Gasteiger partial charge in [-0.15, -0.1) is 0 Å². The Labute approximate surface area is 105 Å². The second-order valence-corrected chi connectivity index (χ2v) is 6.62. The van der Waals surface area contributed by atoms with E-state index in [2.05, 4.69) is 4.90 Å². The third kappa shape index (κ3) is 6.01. The molecule has 0 spiro atoms. The van der Waals surface area contributed by atoms with Gasteiger partial charge in [0.05, 0.1) is 13.2 Å². The predicted molar refractivity (Wildman–Crippen MR) is 70.4 cm³/mol. The molecule has 1 rings (SSSR count). The highest BCUT2D eigenvalue weighted by molar-refractivity contribution is 7.53. The van der Waals surface area contributed by atoms with Gasteiger partial charge >= 0.3 is 7.60 Å². The van der Waals surface area contributed by atoms with Gasteiger partial charge in [0.2, 0.25) is 0 Å². The summed E-state index contributed by atoms with van der Waals surface area (Å²) in [5.41, 5.74) is 0. The van der Waals surface area contributed by atoms with E-state index in [-0.39, 0.29) is 0 Å². The van der Waals surface area contributed by atoms with Gasteiger partial charge in [0, 0.05) is 0 Å². The molecule has 0 atom stereocenters. The molecule has 1 aliphatic rings. The molecule has 0 unspecified atom stereocenters. The van der Waals surface area contributed by atoms with E-state index in [0.29, 0.717) is 19.5 Å². The van der Waals surface area contributed by atoms with Gasteiger partial charge < -0.3 is 9.05 Å². The molecule has 0 aromatic rings. The number of likely N-dealkylation sites (tertiary alicyclic amines) is 1. The van der Waals surface area contributed by atoms with Gasteiger partial charge in [-0.1, -0.05) is 20.3 Å². The summed E-state index contributed by atoms with van der Waals surface area (Å²) in [6, 6.07) is 0. The van der Waals surface area contributed by atoms with E-state index in [0.717, 1.165) is 25.9 Å². The number of hydrogen-bond acceptors (Lipinski definition) is 4. The van der Waals surface area contributed by atoms with Crippen LogP contribution in [0.15, 0.2) is 0 Å². The fourth-order valence-electron chi connectivity index (χ4n) is 1.93. The van der Waals surface area contributed by atoms with Crippen LogP contribution >= 0.6 is 7.60 Å². The Morgan fingerprint density at radius 1 is 1.00 bits per heavy atom. The first-order valence-electron chi connectivity index (χ1n) is 6.80. The van der Waals surface area contributed by atoms with Gasteiger partial charge in [-0.2, -0.15) is 0 Å². The van der Waals surface area contributed by atoms with Crippen molar-refractivity contribution in [3.63, 3.8) is 0 Å². The summed E-state index contributed by atoms with van der Waals surface area (Å²) in [4.78, 5) is 2.22. The molecule has 0 saturated carbocycles.